The lowest BCUT2D eigenvalue weighted by Gasteiger charge is -2.18. The van der Waals surface area contributed by atoms with Crippen molar-refractivity contribution in [2.24, 2.45) is 11.8 Å². The zero-order valence-corrected chi connectivity index (χ0v) is 15.3. The lowest BCUT2D eigenvalue weighted by atomic mass is 9.84. The van der Waals surface area contributed by atoms with Crippen LogP contribution >= 0.6 is 0 Å². The second-order valence-electron chi connectivity index (χ2n) is 7.00. The van der Waals surface area contributed by atoms with Crippen LogP contribution in [0.5, 0.6) is 17.2 Å². The molecule has 1 N–H and O–H groups in total. The molecule has 0 amide bonds. The van der Waals surface area contributed by atoms with Gasteiger partial charge in [-0.15, -0.1) is 0 Å². The maximum atomic E-state index is 9.83. The fourth-order valence-electron chi connectivity index (χ4n) is 4.12. The number of hydrogen-bond donors (Lipinski definition) is 1. The SMILES string of the molecule is COc1cc(C2OC[C@@H]3C(c4ccc(O)c(OC)c4)OC[C@H]23)ccc1C. The van der Waals surface area contributed by atoms with Crippen LogP contribution in [-0.4, -0.2) is 32.5 Å². The Labute approximate surface area is 153 Å². The summed E-state index contributed by atoms with van der Waals surface area (Å²) in [6.45, 7) is 3.34. The Morgan fingerprint density at radius 2 is 1.38 bits per heavy atom. The molecule has 2 aromatic rings. The van der Waals surface area contributed by atoms with Gasteiger partial charge in [-0.2, -0.15) is 0 Å². The summed E-state index contributed by atoms with van der Waals surface area (Å²) in [6, 6.07) is 11.7. The quantitative estimate of drug-likeness (QED) is 0.903. The number of phenolic OH excluding ortho intramolecular Hbond substituents is 1. The Hall–Kier alpha value is -2.24. The zero-order valence-electron chi connectivity index (χ0n) is 15.3. The topological polar surface area (TPSA) is 57.2 Å². The molecular weight excluding hydrogens is 332 g/mol. The van der Waals surface area contributed by atoms with E-state index in [4.69, 9.17) is 18.9 Å². The Bertz CT molecular complexity index is 735. The molecule has 0 aliphatic carbocycles. The van der Waals surface area contributed by atoms with Crippen LogP contribution in [-0.2, 0) is 9.47 Å². The highest BCUT2D eigenvalue weighted by atomic mass is 16.5. The Kier molecular flexibility index (Phi) is 4.51. The van der Waals surface area contributed by atoms with Gasteiger partial charge in [0.05, 0.1) is 39.6 Å². The third kappa shape index (κ3) is 2.81. The van der Waals surface area contributed by atoms with E-state index in [9.17, 15) is 5.11 Å². The Morgan fingerprint density at radius 1 is 0.846 bits per heavy atom. The van der Waals surface area contributed by atoms with Gasteiger partial charge in [0.2, 0.25) is 0 Å². The van der Waals surface area contributed by atoms with E-state index in [1.54, 1.807) is 20.3 Å². The number of aryl methyl sites for hydroxylation is 1. The third-order valence-corrected chi connectivity index (χ3v) is 5.56. The van der Waals surface area contributed by atoms with Gasteiger partial charge in [-0.05, 0) is 41.8 Å². The summed E-state index contributed by atoms with van der Waals surface area (Å²) >= 11 is 0. The number of hydrogen-bond acceptors (Lipinski definition) is 5. The number of methoxy groups -OCH3 is 2. The van der Waals surface area contributed by atoms with Crippen molar-refractivity contribution in [3.8, 4) is 17.2 Å². The van der Waals surface area contributed by atoms with Gasteiger partial charge < -0.3 is 24.1 Å². The van der Waals surface area contributed by atoms with Crippen molar-refractivity contribution in [3.63, 3.8) is 0 Å². The predicted molar refractivity (Wildman–Crippen MR) is 96.8 cm³/mol. The normalized spacial score (nSPS) is 27.3. The highest BCUT2D eigenvalue weighted by Crippen LogP contribution is 2.51. The summed E-state index contributed by atoms with van der Waals surface area (Å²) < 4.78 is 23.0. The maximum absolute atomic E-state index is 9.83. The molecule has 0 aromatic heterocycles. The standard InChI is InChI=1S/C21H24O5/c1-12-4-5-13(8-18(12)23-2)20-15-10-26-21(16(15)11-25-20)14-6-7-17(22)19(9-14)24-3/h4-9,15-16,20-22H,10-11H2,1-3H3/t15-,16-,20?,21?/m0/s1. The second-order valence-corrected chi connectivity index (χ2v) is 7.00. The summed E-state index contributed by atoms with van der Waals surface area (Å²) in [5.74, 6) is 2.06. The van der Waals surface area contributed by atoms with Crippen LogP contribution in [0.3, 0.4) is 0 Å². The largest absolute Gasteiger partial charge is 0.504 e. The third-order valence-electron chi connectivity index (χ3n) is 5.56. The highest BCUT2D eigenvalue weighted by molar-refractivity contribution is 5.43. The molecule has 4 atom stereocenters. The van der Waals surface area contributed by atoms with E-state index in [2.05, 4.69) is 18.2 Å². The number of benzene rings is 2. The van der Waals surface area contributed by atoms with Crippen molar-refractivity contribution in [1.82, 2.24) is 0 Å². The van der Waals surface area contributed by atoms with Crippen LogP contribution in [0.4, 0.5) is 0 Å². The first-order valence-electron chi connectivity index (χ1n) is 8.87. The van der Waals surface area contributed by atoms with Crippen molar-refractivity contribution < 1.29 is 24.1 Å². The van der Waals surface area contributed by atoms with Gasteiger partial charge in [0.25, 0.3) is 0 Å². The molecule has 0 spiro atoms. The van der Waals surface area contributed by atoms with Gasteiger partial charge in [-0.1, -0.05) is 18.2 Å². The van der Waals surface area contributed by atoms with Crippen molar-refractivity contribution in [3.05, 3.63) is 53.1 Å². The molecule has 26 heavy (non-hydrogen) atoms. The van der Waals surface area contributed by atoms with Gasteiger partial charge in [0.15, 0.2) is 11.5 Å². The van der Waals surface area contributed by atoms with Crippen molar-refractivity contribution in [2.75, 3.05) is 27.4 Å². The van der Waals surface area contributed by atoms with Gasteiger partial charge in [-0.3, -0.25) is 0 Å². The average molecular weight is 356 g/mol. The van der Waals surface area contributed by atoms with E-state index in [1.165, 1.54) is 0 Å². The molecule has 5 nitrogen and oxygen atoms in total. The van der Waals surface area contributed by atoms with E-state index >= 15 is 0 Å². The summed E-state index contributed by atoms with van der Waals surface area (Å²) in [7, 11) is 3.24. The molecule has 2 aliphatic heterocycles. The molecule has 0 radical (unpaired) electrons. The van der Waals surface area contributed by atoms with Crippen LogP contribution in [0.2, 0.25) is 0 Å². The minimum atomic E-state index is -0.0492. The lowest BCUT2D eigenvalue weighted by Crippen LogP contribution is -2.14. The second kappa shape index (κ2) is 6.82. The molecule has 2 fully saturated rings. The molecule has 0 bridgehead atoms. The van der Waals surface area contributed by atoms with E-state index in [-0.39, 0.29) is 23.9 Å². The van der Waals surface area contributed by atoms with Crippen LogP contribution in [0, 0.1) is 18.8 Å². The molecule has 2 heterocycles. The van der Waals surface area contributed by atoms with E-state index in [0.29, 0.717) is 24.9 Å². The van der Waals surface area contributed by atoms with Crippen molar-refractivity contribution >= 4 is 0 Å². The molecule has 2 saturated heterocycles. The summed E-state index contributed by atoms with van der Waals surface area (Å²) in [5.41, 5.74) is 3.26. The van der Waals surface area contributed by atoms with Crippen LogP contribution < -0.4 is 9.47 Å². The molecule has 138 valence electrons. The van der Waals surface area contributed by atoms with E-state index < -0.39 is 0 Å². The fourth-order valence-corrected chi connectivity index (χ4v) is 4.12. The zero-order chi connectivity index (χ0) is 18.3. The first-order chi connectivity index (χ1) is 12.6. The van der Waals surface area contributed by atoms with Gasteiger partial charge in [-0.25, -0.2) is 0 Å². The van der Waals surface area contributed by atoms with Gasteiger partial charge in [0.1, 0.15) is 5.75 Å². The van der Waals surface area contributed by atoms with Crippen LogP contribution in [0.15, 0.2) is 36.4 Å². The fraction of sp³-hybridized carbons (Fsp3) is 0.429. The van der Waals surface area contributed by atoms with E-state index in [0.717, 1.165) is 22.4 Å². The van der Waals surface area contributed by atoms with Gasteiger partial charge >= 0.3 is 0 Å². The molecular formula is C21H24O5. The first-order valence-corrected chi connectivity index (χ1v) is 8.87. The van der Waals surface area contributed by atoms with Crippen LogP contribution in [0.1, 0.15) is 28.9 Å². The Morgan fingerprint density at radius 3 is 1.96 bits per heavy atom. The van der Waals surface area contributed by atoms with Crippen molar-refractivity contribution in [2.45, 2.75) is 19.1 Å². The molecule has 0 saturated carbocycles. The predicted octanol–water partition coefficient (Wildman–Crippen LogP) is 3.79. The number of rotatable bonds is 4. The first kappa shape index (κ1) is 17.2. The minimum Gasteiger partial charge on any atom is -0.504 e. The number of ether oxygens (including phenoxy) is 4. The monoisotopic (exact) mass is 356 g/mol. The molecule has 2 aromatic carbocycles. The van der Waals surface area contributed by atoms with E-state index in [1.807, 2.05) is 19.1 Å². The smallest absolute Gasteiger partial charge is 0.160 e. The molecule has 5 heteroatoms. The van der Waals surface area contributed by atoms with Crippen LogP contribution in [0.25, 0.3) is 0 Å². The number of phenols is 1. The average Bonchev–Trinajstić information content (AvgIpc) is 3.25. The maximum Gasteiger partial charge on any atom is 0.160 e. The Balaban J connectivity index is 1.58. The molecule has 4 rings (SSSR count). The summed E-state index contributed by atoms with van der Waals surface area (Å²) in [6.07, 6.45) is -0.0367. The summed E-state index contributed by atoms with van der Waals surface area (Å²) in [4.78, 5) is 0. The molecule has 2 aliphatic rings. The van der Waals surface area contributed by atoms with Crippen molar-refractivity contribution in [1.29, 1.82) is 0 Å². The minimum absolute atomic E-state index is 0.0125. The number of aromatic hydroxyl groups is 1. The molecule has 2 unspecified atom stereocenters. The van der Waals surface area contributed by atoms with Gasteiger partial charge in [0, 0.05) is 11.8 Å². The lowest BCUT2D eigenvalue weighted by molar-refractivity contribution is 0.0191. The summed E-state index contributed by atoms with van der Waals surface area (Å²) in [5, 5.41) is 9.83. The highest BCUT2D eigenvalue weighted by Gasteiger charge is 2.48. The number of fused-ring (bicyclic) bond motifs is 1.